The summed E-state index contributed by atoms with van der Waals surface area (Å²) in [5.41, 5.74) is 4.93. The molecule has 2 nitrogen and oxygen atoms in total. The van der Waals surface area contributed by atoms with Gasteiger partial charge in [0, 0.05) is 11.3 Å². The van der Waals surface area contributed by atoms with Crippen LogP contribution in [0, 0.1) is 13.8 Å². The van der Waals surface area contributed by atoms with Crippen molar-refractivity contribution in [3.8, 4) is 0 Å². The topological polar surface area (TPSA) is 29.1 Å². The molecular weight excluding hydrogens is 234 g/mol. The van der Waals surface area contributed by atoms with Gasteiger partial charge in [-0.2, -0.15) is 0 Å². The van der Waals surface area contributed by atoms with Gasteiger partial charge in [0.15, 0.2) is 0 Å². The van der Waals surface area contributed by atoms with Crippen molar-refractivity contribution in [2.75, 3.05) is 5.32 Å². The van der Waals surface area contributed by atoms with Crippen LogP contribution in [0.15, 0.2) is 42.5 Å². The van der Waals surface area contributed by atoms with Gasteiger partial charge >= 0.3 is 0 Å². The van der Waals surface area contributed by atoms with E-state index in [1.54, 1.807) is 0 Å². The zero-order valence-electron chi connectivity index (χ0n) is 11.7. The lowest BCUT2D eigenvalue weighted by Crippen LogP contribution is -2.15. The van der Waals surface area contributed by atoms with Gasteiger partial charge in [-0.25, -0.2) is 0 Å². The number of hydrogen-bond acceptors (Lipinski definition) is 1. The molecule has 2 heteroatoms. The van der Waals surface area contributed by atoms with Crippen LogP contribution in [-0.2, 0) is 6.42 Å². The average Bonchev–Trinajstić information content (AvgIpc) is 2.41. The molecule has 0 heterocycles. The largest absolute Gasteiger partial charge is 0.321 e. The fourth-order valence-corrected chi connectivity index (χ4v) is 2.21. The quantitative estimate of drug-likeness (QED) is 0.876. The Hall–Kier alpha value is -2.09. The fraction of sp³-hybridized carbons (Fsp3) is 0.235. The van der Waals surface area contributed by atoms with Crippen LogP contribution in [0.3, 0.4) is 0 Å². The summed E-state index contributed by atoms with van der Waals surface area (Å²) in [6.45, 7) is 6.07. The van der Waals surface area contributed by atoms with E-state index in [4.69, 9.17) is 0 Å². The smallest absolute Gasteiger partial charge is 0.255 e. The van der Waals surface area contributed by atoms with Crippen LogP contribution in [0.5, 0.6) is 0 Å². The van der Waals surface area contributed by atoms with Gasteiger partial charge in [0.2, 0.25) is 0 Å². The molecule has 0 bridgehead atoms. The van der Waals surface area contributed by atoms with Crippen molar-refractivity contribution < 1.29 is 4.79 Å². The molecule has 0 aliphatic carbocycles. The monoisotopic (exact) mass is 253 g/mol. The predicted octanol–water partition coefficient (Wildman–Crippen LogP) is 4.12. The van der Waals surface area contributed by atoms with Crippen LogP contribution in [0.2, 0.25) is 0 Å². The second-order valence-electron chi connectivity index (χ2n) is 4.73. The predicted molar refractivity (Wildman–Crippen MR) is 79.7 cm³/mol. The molecule has 1 N–H and O–H groups in total. The Morgan fingerprint density at radius 3 is 2.37 bits per heavy atom. The Bertz CT molecular complexity index is 602. The summed E-state index contributed by atoms with van der Waals surface area (Å²) in [7, 11) is 0. The van der Waals surface area contributed by atoms with E-state index >= 15 is 0 Å². The molecule has 19 heavy (non-hydrogen) atoms. The van der Waals surface area contributed by atoms with E-state index in [9.17, 15) is 4.79 Å². The summed E-state index contributed by atoms with van der Waals surface area (Å²) in [5, 5.41) is 3.05. The molecule has 2 aromatic rings. The maximum absolute atomic E-state index is 12.3. The minimum atomic E-state index is -0.0397. The Balaban J connectivity index is 2.32. The molecule has 0 spiro atoms. The number of para-hydroxylation sites is 1. The first-order valence-corrected chi connectivity index (χ1v) is 6.59. The third kappa shape index (κ3) is 2.84. The van der Waals surface area contributed by atoms with Gasteiger partial charge in [-0.05, 0) is 43.0 Å². The van der Waals surface area contributed by atoms with E-state index < -0.39 is 0 Å². The van der Waals surface area contributed by atoms with Crippen LogP contribution in [0.4, 0.5) is 5.69 Å². The number of carbonyl (C=O) groups is 1. The summed E-state index contributed by atoms with van der Waals surface area (Å²) < 4.78 is 0. The number of amides is 1. The lowest BCUT2D eigenvalue weighted by atomic mass is 10.0. The fourth-order valence-electron chi connectivity index (χ4n) is 2.21. The number of nitrogens with one attached hydrogen (secondary N) is 1. The molecule has 2 rings (SSSR count). The molecule has 0 radical (unpaired) electrons. The molecule has 0 saturated heterocycles. The summed E-state index contributed by atoms with van der Waals surface area (Å²) in [6.07, 6.45) is 0.908. The minimum Gasteiger partial charge on any atom is -0.321 e. The highest BCUT2D eigenvalue weighted by Crippen LogP contribution is 2.22. The van der Waals surface area contributed by atoms with E-state index in [2.05, 4.69) is 18.3 Å². The average molecular weight is 253 g/mol. The van der Waals surface area contributed by atoms with Gasteiger partial charge < -0.3 is 5.32 Å². The first-order valence-electron chi connectivity index (χ1n) is 6.59. The zero-order valence-corrected chi connectivity index (χ0v) is 11.7. The van der Waals surface area contributed by atoms with Crippen LogP contribution >= 0.6 is 0 Å². The van der Waals surface area contributed by atoms with Crippen molar-refractivity contribution in [2.45, 2.75) is 27.2 Å². The van der Waals surface area contributed by atoms with Gasteiger partial charge in [-0.1, -0.05) is 43.3 Å². The molecule has 0 aromatic heterocycles. The lowest BCUT2D eigenvalue weighted by Gasteiger charge is -2.13. The molecular formula is C17H19NO. The first-order chi connectivity index (χ1) is 9.13. The number of hydrogen-bond donors (Lipinski definition) is 1. The Kier molecular flexibility index (Phi) is 4.00. The maximum atomic E-state index is 12.3. The maximum Gasteiger partial charge on any atom is 0.255 e. The lowest BCUT2D eigenvalue weighted by molar-refractivity contribution is 0.102. The van der Waals surface area contributed by atoms with Crippen LogP contribution < -0.4 is 5.32 Å². The van der Waals surface area contributed by atoms with Crippen LogP contribution in [-0.4, -0.2) is 5.91 Å². The highest BCUT2D eigenvalue weighted by Gasteiger charge is 2.11. The van der Waals surface area contributed by atoms with E-state index in [0.29, 0.717) is 0 Å². The van der Waals surface area contributed by atoms with E-state index in [0.717, 1.165) is 28.8 Å². The molecule has 0 aliphatic heterocycles. The third-order valence-corrected chi connectivity index (χ3v) is 3.37. The first kappa shape index (κ1) is 13.3. The second-order valence-corrected chi connectivity index (χ2v) is 4.73. The Morgan fingerprint density at radius 1 is 1.00 bits per heavy atom. The highest BCUT2D eigenvalue weighted by molar-refractivity contribution is 6.06. The van der Waals surface area contributed by atoms with Crippen molar-refractivity contribution >= 4 is 11.6 Å². The molecule has 2 aromatic carbocycles. The summed E-state index contributed by atoms with van der Waals surface area (Å²) in [6, 6.07) is 13.7. The summed E-state index contributed by atoms with van der Waals surface area (Å²) >= 11 is 0. The van der Waals surface area contributed by atoms with Crippen molar-refractivity contribution in [1.29, 1.82) is 0 Å². The van der Waals surface area contributed by atoms with E-state index in [1.807, 2.05) is 50.2 Å². The number of carbonyl (C=O) groups excluding carboxylic acids is 1. The summed E-state index contributed by atoms with van der Waals surface area (Å²) in [5.74, 6) is -0.0397. The SMILES string of the molecule is CCc1cccc(C)c1NC(=O)c1ccccc1C. The van der Waals surface area contributed by atoms with Crippen molar-refractivity contribution in [3.05, 3.63) is 64.7 Å². The minimum absolute atomic E-state index is 0.0397. The standard InChI is InChI=1S/C17H19NO/c1-4-14-10-7-9-13(3)16(14)18-17(19)15-11-6-5-8-12(15)2/h5-11H,4H2,1-3H3,(H,18,19). The summed E-state index contributed by atoms with van der Waals surface area (Å²) in [4.78, 5) is 12.3. The van der Waals surface area contributed by atoms with E-state index in [-0.39, 0.29) is 5.91 Å². The Morgan fingerprint density at radius 2 is 1.68 bits per heavy atom. The molecule has 0 saturated carbocycles. The van der Waals surface area contributed by atoms with Gasteiger partial charge in [0.25, 0.3) is 5.91 Å². The van der Waals surface area contributed by atoms with Gasteiger partial charge in [0.05, 0.1) is 0 Å². The van der Waals surface area contributed by atoms with Crippen molar-refractivity contribution in [3.63, 3.8) is 0 Å². The number of anilines is 1. The number of benzene rings is 2. The normalized spacial score (nSPS) is 10.3. The molecule has 1 amide bonds. The number of rotatable bonds is 3. The Labute approximate surface area is 114 Å². The third-order valence-electron chi connectivity index (χ3n) is 3.37. The molecule has 0 unspecified atom stereocenters. The van der Waals surface area contributed by atoms with Crippen LogP contribution in [0.25, 0.3) is 0 Å². The van der Waals surface area contributed by atoms with Crippen molar-refractivity contribution in [1.82, 2.24) is 0 Å². The van der Waals surface area contributed by atoms with Crippen LogP contribution in [0.1, 0.15) is 34.0 Å². The number of aryl methyl sites for hydroxylation is 3. The highest BCUT2D eigenvalue weighted by atomic mass is 16.1. The van der Waals surface area contributed by atoms with Gasteiger partial charge in [-0.3, -0.25) is 4.79 Å². The second kappa shape index (κ2) is 5.70. The van der Waals surface area contributed by atoms with E-state index in [1.165, 1.54) is 5.56 Å². The van der Waals surface area contributed by atoms with Crippen molar-refractivity contribution in [2.24, 2.45) is 0 Å². The molecule has 0 atom stereocenters. The molecule has 98 valence electrons. The zero-order chi connectivity index (χ0) is 13.8. The molecule has 0 aliphatic rings. The molecule has 0 fully saturated rings. The van der Waals surface area contributed by atoms with Gasteiger partial charge in [-0.15, -0.1) is 0 Å². The van der Waals surface area contributed by atoms with Gasteiger partial charge in [0.1, 0.15) is 0 Å².